The molecule has 3 nitrogen and oxygen atoms in total. The van der Waals surface area contributed by atoms with Crippen molar-refractivity contribution in [1.82, 2.24) is 5.32 Å². The minimum absolute atomic E-state index is 0.198. The normalized spacial score (nSPS) is 29.1. The van der Waals surface area contributed by atoms with Crippen LogP contribution in [0.4, 0.5) is 0 Å². The number of hydrogen-bond acceptors (Lipinski definition) is 3. The predicted molar refractivity (Wildman–Crippen MR) is 68.3 cm³/mol. The van der Waals surface area contributed by atoms with Crippen molar-refractivity contribution in [3.05, 3.63) is 0 Å². The number of aliphatic hydroxyl groups is 1. The molecule has 3 atom stereocenters. The lowest BCUT2D eigenvalue weighted by Crippen LogP contribution is -2.42. The lowest BCUT2D eigenvalue weighted by molar-refractivity contribution is 0.114. The van der Waals surface area contributed by atoms with E-state index >= 15 is 0 Å². The molecule has 0 saturated heterocycles. The van der Waals surface area contributed by atoms with Crippen LogP contribution in [0.25, 0.3) is 0 Å². The number of nitrogens with one attached hydrogen (secondary N) is 1. The maximum absolute atomic E-state index is 9.89. The van der Waals surface area contributed by atoms with Gasteiger partial charge < -0.3 is 16.2 Å². The summed E-state index contributed by atoms with van der Waals surface area (Å²) in [6, 6.07) is 0.865. The lowest BCUT2D eigenvalue weighted by atomic mass is 9.88. The zero-order valence-electron chi connectivity index (χ0n) is 11.0. The maximum Gasteiger partial charge on any atom is 0.0669 e. The zero-order chi connectivity index (χ0) is 12.2. The molecule has 1 aliphatic carbocycles. The first-order valence-electron chi connectivity index (χ1n) is 6.54. The SMILES string of the molecule is CC(C)(C)CC(O)CNC1CCCC(N)C1. The van der Waals surface area contributed by atoms with Crippen molar-refractivity contribution in [1.29, 1.82) is 0 Å². The fraction of sp³-hybridized carbons (Fsp3) is 1.00. The highest BCUT2D eigenvalue weighted by molar-refractivity contribution is 4.81. The lowest BCUT2D eigenvalue weighted by Gasteiger charge is -2.29. The van der Waals surface area contributed by atoms with Gasteiger partial charge in [-0.3, -0.25) is 0 Å². The second-order valence-corrected chi connectivity index (χ2v) is 6.45. The standard InChI is InChI=1S/C13H28N2O/c1-13(2,3)8-12(16)9-15-11-6-4-5-10(14)7-11/h10-12,15-16H,4-9,14H2,1-3H3. The van der Waals surface area contributed by atoms with Crippen LogP contribution in [-0.4, -0.2) is 29.8 Å². The summed E-state index contributed by atoms with van der Waals surface area (Å²) >= 11 is 0. The van der Waals surface area contributed by atoms with Gasteiger partial charge in [-0.05, 0) is 31.1 Å². The predicted octanol–water partition coefficient (Wildman–Crippen LogP) is 1.64. The van der Waals surface area contributed by atoms with Gasteiger partial charge in [-0.2, -0.15) is 0 Å². The molecule has 4 N–H and O–H groups in total. The van der Waals surface area contributed by atoms with Crippen LogP contribution in [0, 0.1) is 5.41 Å². The van der Waals surface area contributed by atoms with Gasteiger partial charge in [-0.25, -0.2) is 0 Å². The van der Waals surface area contributed by atoms with E-state index in [4.69, 9.17) is 5.73 Å². The van der Waals surface area contributed by atoms with Crippen molar-refractivity contribution < 1.29 is 5.11 Å². The molecule has 0 bridgehead atoms. The van der Waals surface area contributed by atoms with E-state index < -0.39 is 0 Å². The van der Waals surface area contributed by atoms with Crippen LogP contribution >= 0.6 is 0 Å². The van der Waals surface area contributed by atoms with Crippen molar-refractivity contribution >= 4 is 0 Å². The minimum Gasteiger partial charge on any atom is -0.392 e. The largest absolute Gasteiger partial charge is 0.392 e. The molecule has 1 saturated carbocycles. The number of hydrogen-bond donors (Lipinski definition) is 3. The summed E-state index contributed by atoms with van der Waals surface area (Å²) in [4.78, 5) is 0. The van der Waals surface area contributed by atoms with Crippen molar-refractivity contribution in [3.63, 3.8) is 0 Å². The van der Waals surface area contributed by atoms with E-state index in [1.54, 1.807) is 0 Å². The molecule has 0 aliphatic heterocycles. The summed E-state index contributed by atoms with van der Waals surface area (Å²) < 4.78 is 0. The molecule has 0 radical (unpaired) electrons. The van der Waals surface area contributed by atoms with Gasteiger partial charge in [-0.15, -0.1) is 0 Å². The van der Waals surface area contributed by atoms with E-state index in [1.807, 2.05) is 0 Å². The van der Waals surface area contributed by atoms with Gasteiger partial charge in [0.1, 0.15) is 0 Å². The summed E-state index contributed by atoms with van der Waals surface area (Å²) in [7, 11) is 0. The first-order chi connectivity index (χ1) is 7.37. The Kier molecular flexibility index (Phi) is 5.22. The molecule has 0 spiro atoms. The molecule has 0 aromatic rings. The Morgan fingerprint density at radius 2 is 2.06 bits per heavy atom. The van der Waals surface area contributed by atoms with E-state index in [1.165, 1.54) is 12.8 Å². The molecule has 0 amide bonds. The summed E-state index contributed by atoms with van der Waals surface area (Å²) in [6.45, 7) is 7.18. The maximum atomic E-state index is 9.89. The Balaban J connectivity index is 2.18. The van der Waals surface area contributed by atoms with Crippen molar-refractivity contribution in [2.45, 2.75) is 71.1 Å². The molecule has 0 aromatic carbocycles. The van der Waals surface area contributed by atoms with Crippen LogP contribution in [0.15, 0.2) is 0 Å². The molecule has 1 fully saturated rings. The van der Waals surface area contributed by atoms with E-state index in [0.29, 0.717) is 18.6 Å². The van der Waals surface area contributed by atoms with Crippen LogP contribution < -0.4 is 11.1 Å². The highest BCUT2D eigenvalue weighted by Gasteiger charge is 2.21. The molecule has 96 valence electrons. The average Bonchev–Trinajstić information content (AvgIpc) is 2.12. The molecule has 3 unspecified atom stereocenters. The second-order valence-electron chi connectivity index (χ2n) is 6.45. The van der Waals surface area contributed by atoms with Crippen molar-refractivity contribution in [2.24, 2.45) is 11.1 Å². The van der Waals surface area contributed by atoms with Gasteiger partial charge in [0.2, 0.25) is 0 Å². The molecule has 0 heterocycles. The summed E-state index contributed by atoms with van der Waals surface area (Å²) in [5.74, 6) is 0. The third-order valence-electron chi connectivity index (χ3n) is 3.20. The second kappa shape index (κ2) is 5.99. The van der Waals surface area contributed by atoms with Gasteiger partial charge >= 0.3 is 0 Å². The molecule has 16 heavy (non-hydrogen) atoms. The Morgan fingerprint density at radius 1 is 1.38 bits per heavy atom. The van der Waals surface area contributed by atoms with Gasteiger partial charge in [0.25, 0.3) is 0 Å². The summed E-state index contributed by atoms with van der Waals surface area (Å²) in [5, 5.41) is 13.3. The van der Waals surface area contributed by atoms with Crippen LogP contribution in [-0.2, 0) is 0 Å². The zero-order valence-corrected chi connectivity index (χ0v) is 11.0. The Labute approximate surface area is 99.8 Å². The van der Waals surface area contributed by atoms with Crippen LogP contribution in [0.1, 0.15) is 52.9 Å². The summed E-state index contributed by atoms with van der Waals surface area (Å²) in [5.41, 5.74) is 6.13. The van der Waals surface area contributed by atoms with Gasteiger partial charge in [0.15, 0.2) is 0 Å². The van der Waals surface area contributed by atoms with E-state index in [0.717, 1.165) is 19.3 Å². The van der Waals surface area contributed by atoms with Gasteiger partial charge in [-0.1, -0.05) is 27.2 Å². The number of nitrogens with two attached hydrogens (primary N) is 1. The molecule has 1 rings (SSSR count). The fourth-order valence-electron chi connectivity index (χ4n) is 2.49. The van der Waals surface area contributed by atoms with E-state index in [9.17, 15) is 5.11 Å². The highest BCUT2D eigenvalue weighted by Crippen LogP contribution is 2.21. The smallest absolute Gasteiger partial charge is 0.0669 e. The molecule has 1 aliphatic rings. The highest BCUT2D eigenvalue weighted by atomic mass is 16.3. The number of aliphatic hydroxyl groups excluding tert-OH is 1. The van der Waals surface area contributed by atoms with Crippen molar-refractivity contribution in [2.75, 3.05) is 6.54 Å². The third kappa shape index (κ3) is 5.83. The van der Waals surface area contributed by atoms with Crippen LogP contribution in [0.5, 0.6) is 0 Å². The number of rotatable bonds is 4. The first-order valence-corrected chi connectivity index (χ1v) is 6.54. The third-order valence-corrected chi connectivity index (χ3v) is 3.20. The molecule has 0 aromatic heterocycles. The van der Waals surface area contributed by atoms with E-state index in [2.05, 4.69) is 26.1 Å². The van der Waals surface area contributed by atoms with Crippen LogP contribution in [0.2, 0.25) is 0 Å². The Morgan fingerprint density at radius 3 is 2.62 bits per heavy atom. The van der Waals surface area contributed by atoms with Crippen molar-refractivity contribution in [3.8, 4) is 0 Å². The molecular formula is C13H28N2O. The molecular weight excluding hydrogens is 200 g/mol. The quantitative estimate of drug-likeness (QED) is 0.685. The Hall–Kier alpha value is -0.120. The van der Waals surface area contributed by atoms with Gasteiger partial charge in [0.05, 0.1) is 6.10 Å². The van der Waals surface area contributed by atoms with Gasteiger partial charge in [0, 0.05) is 18.6 Å². The first kappa shape index (κ1) is 13.9. The van der Waals surface area contributed by atoms with Crippen LogP contribution in [0.3, 0.4) is 0 Å². The minimum atomic E-state index is -0.238. The topological polar surface area (TPSA) is 58.3 Å². The molecule has 3 heteroatoms. The van der Waals surface area contributed by atoms with E-state index in [-0.39, 0.29) is 11.5 Å². The average molecular weight is 228 g/mol. The Bertz CT molecular complexity index is 201. The monoisotopic (exact) mass is 228 g/mol. The summed E-state index contributed by atoms with van der Waals surface area (Å²) in [6.07, 6.45) is 5.24. The fourth-order valence-corrected chi connectivity index (χ4v) is 2.49.